The van der Waals surface area contributed by atoms with Crippen LogP contribution in [0.3, 0.4) is 0 Å². The van der Waals surface area contributed by atoms with Crippen molar-refractivity contribution in [3.8, 4) is 5.75 Å². The first kappa shape index (κ1) is 16.8. The molecular formula is C16H16ClN3O3. The molecule has 23 heavy (non-hydrogen) atoms. The van der Waals surface area contributed by atoms with E-state index >= 15 is 0 Å². The van der Waals surface area contributed by atoms with Gasteiger partial charge in [0, 0.05) is 6.54 Å². The van der Waals surface area contributed by atoms with E-state index in [0.29, 0.717) is 23.8 Å². The molecular weight excluding hydrogens is 318 g/mol. The van der Waals surface area contributed by atoms with Gasteiger partial charge < -0.3 is 15.4 Å². The van der Waals surface area contributed by atoms with E-state index < -0.39 is 11.8 Å². The van der Waals surface area contributed by atoms with Gasteiger partial charge in [-0.1, -0.05) is 23.7 Å². The zero-order valence-electron chi connectivity index (χ0n) is 12.5. The van der Waals surface area contributed by atoms with Gasteiger partial charge in [-0.05, 0) is 36.2 Å². The van der Waals surface area contributed by atoms with Gasteiger partial charge in [0.25, 0.3) is 0 Å². The minimum absolute atomic E-state index is 0.312. The first-order valence-electron chi connectivity index (χ1n) is 6.92. The number of ether oxygens (including phenoxy) is 1. The summed E-state index contributed by atoms with van der Waals surface area (Å²) >= 11 is 5.65. The largest absolute Gasteiger partial charge is 0.497 e. The standard InChI is InChI=1S/C16H16ClN3O3/c1-23-13-5-2-11(3-6-13)8-9-18-15(21)16(22)20-12-4-7-14(17)19-10-12/h2-7,10H,8-9H2,1H3,(H,18,21)(H,20,22). The number of hydrogen-bond acceptors (Lipinski definition) is 4. The van der Waals surface area contributed by atoms with E-state index in [-0.39, 0.29) is 0 Å². The number of nitrogens with zero attached hydrogens (tertiary/aromatic N) is 1. The summed E-state index contributed by atoms with van der Waals surface area (Å²) in [7, 11) is 1.60. The number of carbonyl (C=O) groups is 2. The Morgan fingerprint density at radius 2 is 1.87 bits per heavy atom. The fourth-order valence-electron chi connectivity index (χ4n) is 1.83. The van der Waals surface area contributed by atoms with E-state index in [0.717, 1.165) is 11.3 Å². The van der Waals surface area contributed by atoms with Crippen LogP contribution < -0.4 is 15.4 Å². The zero-order valence-corrected chi connectivity index (χ0v) is 13.3. The Labute approximate surface area is 138 Å². The summed E-state index contributed by atoms with van der Waals surface area (Å²) in [6.07, 6.45) is 2.00. The highest BCUT2D eigenvalue weighted by Crippen LogP contribution is 2.11. The number of halogens is 1. The van der Waals surface area contributed by atoms with Gasteiger partial charge in [-0.15, -0.1) is 0 Å². The first-order valence-corrected chi connectivity index (χ1v) is 7.30. The minimum Gasteiger partial charge on any atom is -0.497 e. The number of aromatic nitrogens is 1. The van der Waals surface area contributed by atoms with Crippen LogP contribution in [0.4, 0.5) is 5.69 Å². The number of rotatable bonds is 5. The Morgan fingerprint density at radius 3 is 2.48 bits per heavy atom. The molecule has 2 rings (SSSR count). The predicted molar refractivity (Wildman–Crippen MR) is 87.6 cm³/mol. The molecule has 0 spiro atoms. The predicted octanol–water partition coefficient (Wildman–Crippen LogP) is 2.04. The summed E-state index contributed by atoms with van der Waals surface area (Å²) < 4.78 is 5.07. The van der Waals surface area contributed by atoms with Gasteiger partial charge in [0.2, 0.25) is 0 Å². The monoisotopic (exact) mass is 333 g/mol. The van der Waals surface area contributed by atoms with Crippen LogP contribution in [0.2, 0.25) is 5.15 Å². The van der Waals surface area contributed by atoms with Crippen molar-refractivity contribution in [3.05, 3.63) is 53.3 Å². The quantitative estimate of drug-likeness (QED) is 0.648. The molecule has 120 valence electrons. The number of pyridine rings is 1. The second kappa shape index (κ2) is 8.14. The SMILES string of the molecule is COc1ccc(CCNC(=O)C(=O)Nc2ccc(Cl)nc2)cc1. The number of hydrogen-bond donors (Lipinski definition) is 2. The highest BCUT2D eigenvalue weighted by molar-refractivity contribution is 6.39. The van der Waals surface area contributed by atoms with E-state index in [1.54, 1.807) is 13.2 Å². The third kappa shape index (κ3) is 5.27. The maximum atomic E-state index is 11.7. The van der Waals surface area contributed by atoms with Crippen molar-refractivity contribution in [3.63, 3.8) is 0 Å². The van der Waals surface area contributed by atoms with Crippen LogP contribution in [0, 0.1) is 0 Å². The van der Waals surface area contributed by atoms with Crippen LogP contribution in [0.15, 0.2) is 42.6 Å². The summed E-state index contributed by atoms with van der Waals surface area (Å²) in [4.78, 5) is 27.3. The summed E-state index contributed by atoms with van der Waals surface area (Å²) in [5.41, 5.74) is 1.44. The van der Waals surface area contributed by atoms with Crippen molar-refractivity contribution in [1.82, 2.24) is 10.3 Å². The third-order valence-electron chi connectivity index (χ3n) is 3.05. The van der Waals surface area contributed by atoms with Gasteiger partial charge >= 0.3 is 11.8 Å². The lowest BCUT2D eigenvalue weighted by molar-refractivity contribution is -0.136. The molecule has 2 N–H and O–H groups in total. The summed E-state index contributed by atoms with van der Waals surface area (Å²) in [5.74, 6) is -0.675. The van der Waals surface area contributed by atoms with Gasteiger partial charge in [0.05, 0.1) is 19.0 Å². The molecule has 2 aromatic rings. The fourth-order valence-corrected chi connectivity index (χ4v) is 1.94. The third-order valence-corrected chi connectivity index (χ3v) is 3.27. The molecule has 0 saturated carbocycles. The maximum Gasteiger partial charge on any atom is 0.313 e. The minimum atomic E-state index is -0.746. The summed E-state index contributed by atoms with van der Waals surface area (Å²) in [6.45, 7) is 0.359. The van der Waals surface area contributed by atoms with Crippen LogP contribution >= 0.6 is 11.6 Å². The molecule has 1 aromatic heterocycles. The van der Waals surface area contributed by atoms with Crippen LogP contribution in [0.5, 0.6) is 5.75 Å². The second-order valence-electron chi connectivity index (χ2n) is 4.68. The lowest BCUT2D eigenvalue weighted by Crippen LogP contribution is -2.36. The van der Waals surface area contributed by atoms with Gasteiger partial charge in [-0.2, -0.15) is 0 Å². The molecule has 0 radical (unpaired) electrons. The van der Waals surface area contributed by atoms with Crippen LogP contribution in [-0.4, -0.2) is 30.5 Å². The van der Waals surface area contributed by atoms with E-state index in [9.17, 15) is 9.59 Å². The van der Waals surface area contributed by atoms with Gasteiger partial charge in [-0.25, -0.2) is 4.98 Å². The summed E-state index contributed by atoms with van der Waals surface area (Å²) in [6, 6.07) is 10.6. The van der Waals surface area contributed by atoms with Crippen LogP contribution in [0.25, 0.3) is 0 Å². The lowest BCUT2D eigenvalue weighted by atomic mass is 10.1. The van der Waals surface area contributed by atoms with Crippen LogP contribution in [-0.2, 0) is 16.0 Å². The van der Waals surface area contributed by atoms with Crippen molar-refractivity contribution in [2.24, 2.45) is 0 Å². The zero-order chi connectivity index (χ0) is 16.7. The van der Waals surface area contributed by atoms with Gasteiger partial charge in [-0.3, -0.25) is 9.59 Å². The molecule has 0 bridgehead atoms. The molecule has 0 fully saturated rings. The lowest BCUT2D eigenvalue weighted by Gasteiger charge is -2.07. The Balaban J connectivity index is 1.77. The van der Waals surface area contributed by atoms with E-state index in [4.69, 9.17) is 16.3 Å². The smallest absolute Gasteiger partial charge is 0.313 e. The molecule has 0 aliphatic rings. The van der Waals surface area contributed by atoms with E-state index in [1.807, 2.05) is 24.3 Å². The first-order chi connectivity index (χ1) is 11.1. The molecule has 1 heterocycles. The number of methoxy groups -OCH3 is 1. The fraction of sp³-hybridized carbons (Fsp3) is 0.188. The van der Waals surface area contributed by atoms with Gasteiger partial charge in [0.1, 0.15) is 10.9 Å². The average Bonchev–Trinajstić information content (AvgIpc) is 2.57. The summed E-state index contributed by atoms with van der Waals surface area (Å²) in [5, 5.41) is 5.32. The Bertz CT molecular complexity index is 672. The number of anilines is 1. The van der Waals surface area contributed by atoms with Crippen LogP contribution in [0.1, 0.15) is 5.56 Å². The molecule has 1 aromatic carbocycles. The second-order valence-corrected chi connectivity index (χ2v) is 5.06. The average molecular weight is 334 g/mol. The van der Waals surface area contributed by atoms with Gasteiger partial charge in [0.15, 0.2) is 0 Å². The number of nitrogens with one attached hydrogen (secondary N) is 2. The molecule has 0 unspecified atom stereocenters. The Kier molecular flexibility index (Phi) is 5.94. The molecule has 7 heteroatoms. The molecule has 0 saturated heterocycles. The van der Waals surface area contributed by atoms with E-state index in [1.165, 1.54) is 12.3 Å². The molecule has 0 aliphatic carbocycles. The van der Waals surface area contributed by atoms with E-state index in [2.05, 4.69) is 15.6 Å². The highest BCUT2D eigenvalue weighted by Gasteiger charge is 2.13. The highest BCUT2D eigenvalue weighted by atomic mass is 35.5. The number of amides is 2. The number of carbonyl (C=O) groups excluding carboxylic acids is 2. The molecule has 6 nitrogen and oxygen atoms in total. The normalized spacial score (nSPS) is 10.0. The van der Waals surface area contributed by atoms with Crippen molar-refractivity contribution >= 4 is 29.1 Å². The molecule has 0 aliphatic heterocycles. The molecule has 0 atom stereocenters. The van der Waals surface area contributed by atoms with Crippen molar-refractivity contribution < 1.29 is 14.3 Å². The Hall–Kier alpha value is -2.60. The molecule has 2 amide bonds. The Morgan fingerprint density at radius 1 is 1.13 bits per heavy atom. The maximum absolute atomic E-state index is 11.7. The van der Waals surface area contributed by atoms with Crippen molar-refractivity contribution in [2.75, 3.05) is 19.0 Å². The van der Waals surface area contributed by atoms with Crippen molar-refractivity contribution in [1.29, 1.82) is 0 Å². The topological polar surface area (TPSA) is 80.3 Å². The number of benzene rings is 1. The van der Waals surface area contributed by atoms with Crippen molar-refractivity contribution in [2.45, 2.75) is 6.42 Å².